The second-order valence-corrected chi connectivity index (χ2v) is 5.16. The molecule has 0 radical (unpaired) electrons. The topological polar surface area (TPSA) is 25.2 Å². The highest BCUT2D eigenvalue weighted by atomic mass is 35.5. The number of hydrogen-bond acceptors (Lipinski definition) is 1. The molecule has 2 nitrogen and oxygen atoms in total. The lowest BCUT2D eigenvalue weighted by Crippen LogP contribution is -1.89. The van der Waals surface area contributed by atoms with Crippen molar-refractivity contribution < 1.29 is 5.11 Å². The largest absolute Gasteiger partial charge is 0.507 e. The van der Waals surface area contributed by atoms with E-state index in [0.29, 0.717) is 10.6 Å². The summed E-state index contributed by atoms with van der Waals surface area (Å²) in [4.78, 5) is 0. The lowest BCUT2D eigenvalue weighted by Gasteiger charge is -2.01. The van der Waals surface area contributed by atoms with Gasteiger partial charge in [0.2, 0.25) is 0 Å². The molecule has 0 unspecified atom stereocenters. The molecule has 0 spiro atoms. The van der Waals surface area contributed by atoms with E-state index in [-0.39, 0.29) is 5.75 Å². The number of aryl methyl sites for hydroxylation is 1. The van der Waals surface area contributed by atoms with E-state index in [1.807, 2.05) is 31.3 Å². The van der Waals surface area contributed by atoms with E-state index >= 15 is 0 Å². The van der Waals surface area contributed by atoms with Gasteiger partial charge >= 0.3 is 0 Å². The number of phenols is 1. The highest BCUT2D eigenvalue weighted by molar-refractivity contribution is 6.30. The van der Waals surface area contributed by atoms with Gasteiger partial charge in [-0.2, -0.15) is 0 Å². The lowest BCUT2D eigenvalue weighted by atomic mass is 10.1. The Morgan fingerprint density at radius 1 is 1.05 bits per heavy atom. The second-order valence-electron chi connectivity index (χ2n) is 4.72. The molecule has 20 heavy (non-hydrogen) atoms. The van der Waals surface area contributed by atoms with Gasteiger partial charge in [-0.1, -0.05) is 29.8 Å². The first-order valence-corrected chi connectivity index (χ1v) is 6.74. The average Bonchev–Trinajstić information content (AvgIpc) is 2.77. The molecular weight excluding hydrogens is 270 g/mol. The van der Waals surface area contributed by atoms with Crippen molar-refractivity contribution in [2.45, 2.75) is 0 Å². The monoisotopic (exact) mass is 283 g/mol. The Bertz CT molecular complexity index is 802. The number of phenolic OH excluding ortho intramolecular Hbond substituents is 1. The van der Waals surface area contributed by atoms with Crippen LogP contribution in [0, 0.1) is 0 Å². The Kier molecular flexibility index (Phi) is 3.25. The zero-order valence-corrected chi connectivity index (χ0v) is 11.8. The number of hydrogen-bond donors (Lipinski definition) is 1. The third-order valence-electron chi connectivity index (χ3n) is 3.41. The number of fused-ring (bicyclic) bond motifs is 1. The van der Waals surface area contributed by atoms with Gasteiger partial charge in [0, 0.05) is 34.2 Å². The molecular formula is C17H14ClNO. The molecule has 0 saturated carbocycles. The Morgan fingerprint density at radius 3 is 2.65 bits per heavy atom. The molecule has 3 aromatic rings. The second kappa shape index (κ2) is 5.06. The average molecular weight is 284 g/mol. The fourth-order valence-corrected chi connectivity index (χ4v) is 2.48. The lowest BCUT2D eigenvalue weighted by molar-refractivity contribution is 0.474. The molecule has 0 aliphatic carbocycles. The van der Waals surface area contributed by atoms with Crippen molar-refractivity contribution in [3.63, 3.8) is 0 Å². The third-order valence-corrected chi connectivity index (χ3v) is 3.65. The van der Waals surface area contributed by atoms with E-state index in [9.17, 15) is 5.11 Å². The predicted molar refractivity (Wildman–Crippen MR) is 85.0 cm³/mol. The van der Waals surface area contributed by atoms with Crippen LogP contribution in [0.25, 0.3) is 23.1 Å². The van der Waals surface area contributed by atoms with E-state index in [1.165, 1.54) is 10.9 Å². The molecule has 0 amide bonds. The minimum Gasteiger partial charge on any atom is -0.507 e. The quantitative estimate of drug-likeness (QED) is 0.724. The van der Waals surface area contributed by atoms with E-state index in [2.05, 4.69) is 22.8 Å². The maximum Gasteiger partial charge on any atom is 0.122 e. The van der Waals surface area contributed by atoms with Crippen molar-refractivity contribution >= 4 is 34.7 Å². The summed E-state index contributed by atoms with van der Waals surface area (Å²) in [5.74, 6) is 0.226. The first-order valence-electron chi connectivity index (χ1n) is 6.36. The van der Waals surface area contributed by atoms with Crippen molar-refractivity contribution in [1.29, 1.82) is 0 Å². The molecule has 3 rings (SSSR count). The molecule has 1 heterocycles. The summed E-state index contributed by atoms with van der Waals surface area (Å²) in [6.45, 7) is 0. The molecule has 2 aromatic carbocycles. The van der Waals surface area contributed by atoms with Crippen molar-refractivity contribution in [1.82, 2.24) is 4.57 Å². The Labute approximate surface area is 122 Å². The van der Waals surface area contributed by atoms with Crippen molar-refractivity contribution in [2.75, 3.05) is 0 Å². The van der Waals surface area contributed by atoms with Gasteiger partial charge in [-0.3, -0.25) is 0 Å². The zero-order chi connectivity index (χ0) is 14.1. The fourth-order valence-electron chi connectivity index (χ4n) is 2.30. The van der Waals surface area contributed by atoms with E-state index in [0.717, 1.165) is 5.69 Å². The summed E-state index contributed by atoms with van der Waals surface area (Å²) in [6.07, 6.45) is 3.85. The summed E-state index contributed by atoms with van der Waals surface area (Å²) in [7, 11) is 2.03. The first-order chi connectivity index (χ1) is 9.65. The number of rotatable bonds is 2. The van der Waals surface area contributed by atoms with Gasteiger partial charge in [0.1, 0.15) is 5.75 Å². The van der Waals surface area contributed by atoms with Gasteiger partial charge in [-0.15, -0.1) is 0 Å². The number of nitrogens with zero attached hydrogens (tertiary/aromatic N) is 1. The highest BCUT2D eigenvalue weighted by Crippen LogP contribution is 2.25. The van der Waals surface area contributed by atoms with Crippen LogP contribution in [0.4, 0.5) is 0 Å². The van der Waals surface area contributed by atoms with Crippen LogP contribution in [0.5, 0.6) is 5.75 Å². The maximum absolute atomic E-state index is 9.81. The van der Waals surface area contributed by atoms with E-state index in [4.69, 9.17) is 11.6 Å². The molecule has 0 bridgehead atoms. The summed E-state index contributed by atoms with van der Waals surface area (Å²) in [5, 5.41) is 11.6. The standard InChI is InChI=1S/C17H14ClNO/c1-19-15(11-12-4-2-3-5-16(12)19)8-6-13-10-14(18)7-9-17(13)20/h2-11,20H,1H3. The molecule has 1 aromatic heterocycles. The van der Waals surface area contributed by atoms with Gasteiger partial charge in [-0.25, -0.2) is 0 Å². The molecule has 1 N–H and O–H groups in total. The van der Waals surface area contributed by atoms with Crippen molar-refractivity contribution in [2.24, 2.45) is 7.05 Å². The summed E-state index contributed by atoms with van der Waals surface area (Å²) >= 11 is 5.94. The van der Waals surface area contributed by atoms with Crippen molar-refractivity contribution in [3.05, 3.63) is 64.8 Å². The van der Waals surface area contributed by atoms with Crippen molar-refractivity contribution in [3.8, 4) is 5.75 Å². The van der Waals surface area contributed by atoms with Crippen LogP contribution < -0.4 is 0 Å². The molecule has 0 aliphatic rings. The van der Waals surface area contributed by atoms with Gasteiger partial charge in [0.15, 0.2) is 0 Å². The molecule has 0 aliphatic heterocycles. The first kappa shape index (κ1) is 12.8. The van der Waals surface area contributed by atoms with Gasteiger partial charge < -0.3 is 9.67 Å². The maximum atomic E-state index is 9.81. The molecule has 0 fully saturated rings. The van der Waals surface area contributed by atoms with Crippen LogP contribution >= 0.6 is 11.6 Å². The number of benzene rings is 2. The SMILES string of the molecule is Cn1c(C=Cc2cc(Cl)ccc2O)cc2ccccc21. The molecule has 0 saturated heterocycles. The zero-order valence-electron chi connectivity index (χ0n) is 11.0. The van der Waals surface area contributed by atoms with E-state index in [1.54, 1.807) is 18.2 Å². The number of para-hydroxylation sites is 1. The minimum atomic E-state index is 0.226. The smallest absolute Gasteiger partial charge is 0.122 e. The van der Waals surface area contributed by atoms with Crippen LogP contribution in [0.2, 0.25) is 5.02 Å². The summed E-state index contributed by atoms with van der Waals surface area (Å²) < 4.78 is 2.12. The highest BCUT2D eigenvalue weighted by Gasteiger charge is 2.03. The fraction of sp³-hybridized carbons (Fsp3) is 0.0588. The Hall–Kier alpha value is -2.19. The predicted octanol–water partition coefficient (Wildman–Crippen LogP) is 4.71. The minimum absolute atomic E-state index is 0.226. The third kappa shape index (κ3) is 2.30. The van der Waals surface area contributed by atoms with Crippen LogP contribution in [0.15, 0.2) is 48.5 Å². The normalized spacial score (nSPS) is 11.5. The number of aromatic nitrogens is 1. The van der Waals surface area contributed by atoms with Crippen LogP contribution in [-0.4, -0.2) is 9.67 Å². The summed E-state index contributed by atoms with van der Waals surface area (Å²) in [6, 6.07) is 15.4. The van der Waals surface area contributed by atoms with Crippen LogP contribution in [0.1, 0.15) is 11.3 Å². The van der Waals surface area contributed by atoms with Crippen LogP contribution in [0.3, 0.4) is 0 Å². The molecule has 100 valence electrons. The van der Waals surface area contributed by atoms with Crippen LogP contribution in [-0.2, 0) is 7.05 Å². The summed E-state index contributed by atoms with van der Waals surface area (Å²) in [5.41, 5.74) is 2.97. The number of halogens is 1. The molecule has 0 atom stereocenters. The Balaban J connectivity index is 2.02. The number of aromatic hydroxyl groups is 1. The van der Waals surface area contributed by atoms with Gasteiger partial charge in [0.25, 0.3) is 0 Å². The van der Waals surface area contributed by atoms with Gasteiger partial charge in [-0.05, 0) is 42.5 Å². The van der Waals surface area contributed by atoms with Gasteiger partial charge in [0.05, 0.1) is 0 Å². The molecule has 3 heteroatoms. The Morgan fingerprint density at radius 2 is 1.85 bits per heavy atom. The van der Waals surface area contributed by atoms with E-state index < -0.39 is 0 Å².